The van der Waals surface area contributed by atoms with Crippen LogP contribution in [0.3, 0.4) is 0 Å². The maximum absolute atomic E-state index is 13.5. The molecule has 0 aliphatic rings. The number of nitriles is 1. The standard InChI is InChI=1S/C15H12FNO2/c1-2-18-14-7-3-4-8-15(14)19-13-9-5-6-12(16)11(13)10-17/h3-9H,2H2,1H3. The molecule has 0 spiro atoms. The third-order valence-electron chi connectivity index (χ3n) is 2.46. The van der Waals surface area contributed by atoms with Gasteiger partial charge in [-0.3, -0.25) is 0 Å². The lowest BCUT2D eigenvalue weighted by Crippen LogP contribution is -1.96. The highest BCUT2D eigenvalue weighted by Crippen LogP contribution is 2.33. The lowest BCUT2D eigenvalue weighted by atomic mass is 10.2. The van der Waals surface area contributed by atoms with Gasteiger partial charge in [-0.05, 0) is 31.2 Å². The fraction of sp³-hybridized carbons (Fsp3) is 0.133. The summed E-state index contributed by atoms with van der Waals surface area (Å²) in [5.41, 5.74) is -0.117. The van der Waals surface area contributed by atoms with Crippen molar-refractivity contribution in [1.29, 1.82) is 5.26 Å². The molecule has 3 nitrogen and oxygen atoms in total. The fourth-order valence-corrected chi connectivity index (χ4v) is 1.63. The summed E-state index contributed by atoms with van der Waals surface area (Å²) in [5.74, 6) is 0.577. The lowest BCUT2D eigenvalue weighted by Gasteiger charge is -2.12. The van der Waals surface area contributed by atoms with E-state index in [9.17, 15) is 4.39 Å². The lowest BCUT2D eigenvalue weighted by molar-refractivity contribution is 0.321. The first-order chi connectivity index (χ1) is 9.26. The molecule has 0 heterocycles. The van der Waals surface area contributed by atoms with Crippen LogP contribution in [0, 0.1) is 17.1 Å². The van der Waals surface area contributed by atoms with Gasteiger partial charge in [-0.25, -0.2) is 4.39 Å². The van der Waals surface area contributed by atoms with Crippen molar-refractivity contribution in [3.63, 3.8) is 0 Å². The van der Waals surface area contributed by atoms with Crippen LogP contribution in [0.1, 0.15) is 12.5 Å². The van der Waals surface area contributed by atoms with Gasteiger partial charge in [-0.15, -0.1) is 0 Å². The molecule has 0 radical (unpaired) electrons. The maximum atomic E-state index is 13.5. The second kappa shape index (κ2) is 5.87. The zero-order valence-corrected chi connectivity index (χ0v) is 10.4. The molecule has 0 bridgehead atoms. The second-order valence-corrected chi connectivity index (χ2v) is 3.71. The molecule has 2 aromatic carbocycles. The quantitative estimate of drug-likeness (QED) is 0.834. The van der Waals surface area contributed by atoms with Gasteiger partial charge in [-0.1, -0.05) is 18.2 Å². The molecule has 0 N–H and O–H groups in total. The Morgan fingerprint density at radius 1 is 1.05 bits per heavy atom. The molecule has 0 saturated heterocycles. The van der Waals surface area contributed by atoms with Crippen LogP contribution < -0.4 is 9.47 Å². The van der Waals surface area contributed by atoms with Crippen molar-refractivity contribution in [2.24, 2.45) is 0 Å². The summed E-state index contributed by atoms with van der Waals surface area (Å²) in [6.45, 7) is 2.36. The van der Waals surface area contributed by atoms with Crippen LogP contribution in [-0.4, -0.2) is 6.61 Å². The first-order valence-electron chi connectivity index (χ1n) is 5.84. The minimum Gasteiger partial charge on any atom is -0.490 e. The van der Waals surface area contributed by atoms with E-state index in [0.29, 0.717) is 18.1 Å². The largest absolute Gasteiger partial charge is 0.490 e. The van der Waals surface area contributed by atoms with Crippen LogP contribution in [0.15, 0.2) is 42.5 Å². The molecule has 0 aliphatic carbocycles. The van der Waals surface area contributed by atoms with Crippen LogP contribution in [0.2, 0.25) is 0 Å². The molecule has 0 fully saturated rings. The van der Waals surface area contributed by atoms with E-state index in [1.54, 1.807) is 30.3 Å². The molecule has 96 valence electrons. The van der Waals surface area contributed by atoms with Crippen molar-refractivity contribution >= 4 is 0 Å². The third kappa shape index (κ3) is 2.83. The van der Waals surface area contributed by atoms with Crippen LogP contribution in [0.5, 0.6) is 17.2 Å². The van der Waals surface area contributed by atoms with Gasteiger partial charge in [-0.2, -0.15) is 5.26 Å². The molecule has 0 saturated carbocycles. The van der Waals surface area contributed by atoms with Gasteiger partial charge in [0.1, 0.15) is 23.2 Å². The molecule has 0 atom stereocenters. The Morgan fingerprint density at radius 3 is 2.42 bits per heavy atom. The van der Waals surface area contributed by atoms with Gasteiger partial charge < -0.3 is 9.47 Å². The van der Waals surface area contributed by atoms with Crippen molar-refractivity contribution in [3.8, 4) is 23.3 Å². The molecule has 2 rings (SSSR count). The predicted octanol–water partition coefficient (Wildman–Crippen LogP) is 3.89. The number of nitrogens with zero attached hydrogens (tertiary/aromatic N) is 1. The number of para-hydroxylation sites is 2. The second-order valence-electron chi connectivity index (χ2n) is 3.71. The Labute approximate surface area is 110 Å². The van der Waals surface area contributed by atoms with Crippen molar-refractivity contribution in [2.75, 3.05) is 6.61 Å². The summed E-state index contributed by atoms with van der Waals surface area (Å²) in [5, 5.41) is 8.95. The summed E-state index contributed by atoms with van der Waals surface area (Å²) >= 11 is 0. The van der Waals surface area contributed by atoms with Crippen molar-refractivity contribution in [1.82, 2.24) is 0 Å². The van der Waals surface area contributed by atoms with Crippen LogP contribution in [-0.2, 0) is 0 Å². The van der Waals surface area contributed by atoms with Gasteiger partial charge in [0.05, 0.1) is 6.61 Å². The number of benzene rings is 2. The smallest absolute Gasteiger partial charge is 0.169 e. The third-order valence-corrected chi connectivity index (χ3v) is 2.46. The Kier molecular flexibility index (Phi) is 3.99. The molecule has 0 aliphatic heterocycles. The van der Waals surface area contributed by atoms with E-state index in [1.807, 2.05) is 13.0 Å². The van der Waals surface area contributed by atoms with Crippen molar-refractivity contribution in [2.45, 2.75) is 6.92 Å². The van der Waals surface area contributed by atoms with E-state index in [4.69, 9.17) is 14.7 Å². The van der Waals surface area contributed by atoms with Gasteiger partial charge in [0.25, 0.3) is 0 Å². The summed E-state index contributed by atoms with van der Waals surface area (Å²) < 4.78 is 24.5. The Hall–Kier alpha value is -2.54. The van der Waals surface area contributed by atoms with E-state index in [1.165, 1.54) is 12.1 Å². The van der Waals surface area contributed by atoms with Gasteiger partial charge in [0.2, 0.25) is 0 Å². The number of ether oxygens (including phenoxy) is 2. The highest BCUT2D eigenvalue weighted by Gasteiger charge is 2.12. The van der Waals surface area contributed by atoms with Crippen LogP contribution >= 0.6 is 0 Å². The zero-order chi connectivity index (χ0) is 13.7. The molecule has 2 aromatic rings. The van der Waals surface area contributed by atoms with Crippen molar-refractivity contribution < 1.29 is 13.9 Å². The minimum atomic E-state index is -0.603. The predicted molar refractivity (Wildman–Crippen MR) is 68.8 cm³/mol. The van der Waals surface area contributed by atoms with Crippen LogP contribution in [0.4, 0.5) is 4.39 Å². The van der Waals surface area contributed by atoms with Gasteiger partial charge >= 0.3 is 0 Å². The molecule has 0 unspecified atom stereocenters. The van der Waals surface area contributed by atoms with E-state index in [2.05, 4.69) is 0 Å². The summed E-state index contributed by atoms with van der Waals surface area (Å²) in [4.78, 5) is 0. The van der Waals surface area contributed by atoms with Gasteiger partial charge in [0, 0.05) is 0 Å². The fourth-order valence-electron chi connectivity index (χ4n) is 1.63. The first-order valence-corrected chi connectivity index (χ1v) is 5.84. The average molecular weight is 257 g/mol. The number of hydrogen-bond acceptors (Lipinski definition) is 3. The monoisotopic (exact) mass is 257 g/mol. The molecule has 4 heteroatoms. The van der Waals surface area contributed by atoms with Crippen LogP contribution in [0.25, 0.3) is 0 Å². The van der Waals surface area contributed by atoms with E-state index in [-0.39, 0.29) is 11.3 Å². The van der Waals surface area contributed by atoms with Gasteiger partial charge in [0.15, 0.2) is 11.5 Å². The van der Waals surface area contributed by atoms with E-state index >= 15 is 0 Å². The Morgan fingerprint density at radius 2 is 1.74 bits per heavy atom. The van der Waals surface area contributed by atoms with Crippen molar-refractivity contribution in [3.05, 3.63) is 53.8 Å². The van der Waals surface area contributed by atoms with E-state index in [0.717, 1.165) is 0 Å². The topological polar surface area (TPSA) is 42.2 Å². The Balaban J connectivity index is 2.37. The average Bonchev–Trinajstić information content (AvgIpc) is 2.41. The summed E-state index contributed by atoms with van der Waals surface area (Å²) in [7, 11) is 0. The summed E-state index contributed by atoms with van der Waals surface area (Å²) in [6, 6.07) is 13.1. The molecule has 19 heavy (non-hydrogen) atoms. The normalized spacial score (nSPS) is 9.74. The SMILES string of the molecule is CCOc1ccccc1Oc1cccc(F)c1C#N. The molecular weight excluding hydrogens is 245 g/mol. The molecule has 0 aromatic heterocycles. The highest BCUT2D eigenvalue weighted by molar-refractivity contribution is 5.49. The number of rotatable bonds is 4. The number of halogens is 1. The molecule has 0 amide bonds. The summed E-state index contributed by atoms with van der Waals surface area (Å²) in [6.07, 6.45) is 0. The highest BCUT2D eigenvalue weighted by atomic mass is 19.1. The first kappa shape index (κ1) is 12.9. The minimum absolute atomic E-state index is 0.117. The maximum Gasteiger partial charge on any atom is 0.169 e. The Bertz CT molecular complexity index is 620. The number of hydrogen-bond donors (Lipinski definition) is 0. The zero-order valence-electron chi connectivity index (χ0n) is 10.4. The molecular formula is C15H12FNO2. The van der Waals surface area contributed by atoms with E-state index < -0.39 is 5.82 Å².